The first kappa shape index (κ1) is 23.3. The van der Waals surface area contributed by atoms with Crippen LogP contribution in [0.5, 0.6) is 0 Å². The Morgan fingerprint density at radius 3 is 2.08 bits per heavy atom. The zero-order valence-corrected chi connectivity index (χ0v) is 22.1. The zero-order chi connectivity index (χ0) is 25.5. The quantitative estimate of drug-likeness (QED) is 0.441. The number of imide groups is 1. The van der Waals surface area contributed by atoms with Crippen molar-refractivity contribution >= 4 is 17.6 Å². The van der Waals surface area contributed by atoms with E-state index < -0.39 is 5.54 Å². The lowest BCUT2D eigenvalue weighted by Crippen LogP contribution is -2.69. The smallest absolute Gasteiger partial charge is 0.269 e. The van der Waals surface area contributed by atoms with Gasteiger partial charge in [0.1, 0.15) is 0 Å². The minimum atomic E-state index is -0.637. The summed E-state index contributed by atoms with van der Waals surface area (Å²) in [5.74, 6) is -0.195. The highest BCUT2D eigenvalue weighted by atomic mass is 16.2. The molecule has 3 amide bonds. The van der Waals surface area contributed by atoms with E-state index in [1.807, 2.05) is 65.6 Å². The van der Waals surface area contributed by atoms with Crippen LogP contribution in [0, 0.1) is 16.2 Å². The van der Waals surface area contributed by atoms with E-state index >= 15 is 0 Å². The Kier molecular flexibility index (Phi) is 4.81. The van der Waals surface area contributed by atoms with Crippen LogP contribution in [-0.2, 0) is 0 Å². The topological polar surface area (TPSA) is 40.6 Å². The van der Waals surface area contributed by atoms with Gasteiger partial charge >= 0.3 is 6.03 Å². The van der Waals surface area contributed by atoms with Crippen molar-refractivity contribution < 1.29 is 9.59 Å². The maximum atomic E-state index is 14.7. The fourth-order valence-corrected chi connectivity index (χ4v) is 8.22. The summed E-state index contributed by atoms with van der Waals surface area (Å²) >= 11 is 0. The summed E-state index contributed by atoms with van der Waals surface area (Å²) in [6.07, 6.45) is 6.92. The second kappa shape index (κ2) is 7.44. The van der Waals surface area contributed by atoms with Gasteiger partial charge in [-0.1, -0.05) is 77.1 Å². The van der Waals surface area contributed by atoms with Crippen molar-refractivity contribution in [2.24, 2.45) is 16.2 Å². The number of urea groups is 1. The number of para-hydroxylation sites is 1. The average molecular weight is 481 g/mol. The van der Waals surface area contributed by atoms with Gasteiger partial charge in [-0.3, -0.25) is 9.69 Å². The van der Waals surface area contributed by atoms with Crippen LogP contribution >= 0.6 is 0 Å². The summed E-state index contributed by atoms with van der Waals surface area (Å²) < 4.78 is 0. The second-order valence-corrected chi connectivity index (χ2v) is 13.3. The standard InChI is InChI=1S/C32H36N2O2/c1-29(2)16-23-17-31(5)19-30(3,4)20-32(21-31)26(23)25(18-29)33(24-14-10-7-11-15-24)28(36)34(32)27(35)22-12-8-6-9-13-22/h6-15,17H,16,18-21H2,1-5H3. The van der Waals surface area contributed by atoms with E-state index in [1.165, 1.54) is 11.1 Å². The van der Waals surface area contributed by atoms with Gasteiger partial charge in [-0.25, -0.2) is 9.69 Å². The van der Waals surface area contributed by atoms with Gasteiger partial charge in [-0.2, -0.15) is 0 Å². The van der Waals surface area contributed by atoms with Gasteiger partial charge in [0.25, 0.3) is 5.91 Å². The molecule has 4 aliphatic rings. The first-order chi connectivity index (χ1) is 16.9. The van der Waals surface area contributed by atoms with Crippen LogP contribution in [0.2, 0.25) is 0 Å². The molecule has 0 aromatic heterocycles. The summed E-state index contributed by atoms with van der Waals surface area (Å²) in [5.41, 5.74) is 4.37. The summed E-state index contributed by atoms with van der Waals surface area (Å²) in [6, 6.07) is 19.0. The normalized spacial score (nSPS) is 30.0. The van der Waals surface area contributed by atoms with E-state index in [-0.39, 0.29) is 28.2 Å². The molecule has 2 bridgehead atoms. The van der Waals surface area contributed by atoms with Crippen molar-refractivity contribution in [2.45, 2.75) is 72.3 Å². The van der Waals surface area contributed by atoms with Gasteiger partial charge in [0, 0.05) is 16.8 Å². The molecule has 6 rings (SSSR count). The lowest BCUT2D eigenvalue weighted by molar-refractivity contribution is -0.00217. The van der Waals surface area contributed by atoms with Crippen LogP contribution in [0.15, 0.2) is 83.6 Å². The molecular formula is C32H36N2O2. The third-order valence-electron chi connectivity index (χ3n) is 8.58. The lowest BCUT2D eigenvalue weighted by atomic mass is 9.49. The minimum Gasteiger partial charge on any atom is -0.269 e. The number of hydrogen-bond acceptors (Lipinski definition) is 2. The molecule has 1 fully saturated rings. The molecule has 0 N–H and O–H groups in total. The van der Waals surface area contributed by atoms with Crippen molar-refractivity contribution in [3.8, 4) is 0 Å². The third-order valence-corrected chi connectivity index (χ3v) is 8.58. The molecule has 2 aromatic carbocycles. The molecule has 0 radical (unpaired) electrons. The van der Waals surface area contributed by atoms with E-state index in [0.29, 0.717) is 5.56 Å². The molecule has 1 spiro atoms. The number of amides is 3. The monoisotopic (exact) mass is 480 g/mol. The first-order valence-electron chi connectivity index (χ1n) is 13.2. The predicted molar refractivity (Wildman–Crippen MR) is 144 cm³/mol. The highest BCUT2D eigenvalue weighted by Crippen LogP contribution is 2.65. The van der Waals surface area contributed by atoms with Crippen LogP contribution in [-0.4, -0.2) is 22.4 Å². The van der Waals surface area contributed by atoms with E-state index in [1.54, 1.807) is 4.90 Å². The molecule has 2 unspecified atom stereocenters. The Balaban J connectivity index is 1.68. The Labute approximate surface area is 214 Å². The molecule has 3 aliphatic carbocycles. The van der Waals surface area contributed by atoms with E-state index in [9.17, 15) is 9.59 Å². The summed E-state index contributed by atoms with van der Waals surface area (Å²) in [5, 5.41) is 0. The molecule has 4 heteroatoms. The number of fused-ring (bicyclic) bond motifs is 1. The molecule has 36 heavy (non-hydrogen) atoms. The zero-order valence-electron chi connectivity index (χ0n) is 22.1. The van der Waals surface area contributed by atoms with Gasteiger partial charge in [-0.05, 0) is 78.2 Å². The summed E-state index contributed by atoms with van der Waals surface area (Å²) in [6.45, 7) is 11.5. The van der Waals surface area contributed by atoms with Crippen molar-refractivity contribution in [2.75, 3.05) is 4.90 Å². The van der Waals surface area contributed by atoms with E-state index in [2.05, 4.69) is 40.7 Å². The number of benzene rings is 2. The molecule has 1 aliphatic heterocycles. The highest BCUT2D eigenvalue weighted by molar-refractivity contribution is 6.12. The summed E-state index contributed by atoms with van der Waals surface area (Å²) in [7, 11) is 0. The van der Waals surface area contributed by atoms with Gasteiger partial charge in [0.2, 0.25) is 0 Å². The van der Waals surface area contributed by atoms with E-state index in [0.717, 1.165) is 43.5 Å². The largest absolute Gasteiger partial charge is 0.336 e. The highest BCUT2D eigenvalue weighted by Gasteiger charge is 2.64. The number of nitrogens with zero attached hydrogens (tertiary/aromatic N) is 2. The number of allylic oxidation sites excluding steroid dienone is 2. The van der Waals surface area contributed by atoms with Crippen LogP contribution in [0.4, 0.5) is 10.5 Å². The minimum absolute atomic E-state index is 0.00940. The van der Waals surface area contributed by atoms with Gasteiger partial charge in [0.15, 0.2) is 0 Å². The Bertz CT molecular complexity index is 1320. The predicted octanol–water partition coefficient (Wildman–Crippen LogP) is 7.74. The Morgan fingerprint density at radius 1 is 0.778 bits per heavy atom. The van der Waals surface area contributed by atoms with Crippen LogP contribution in [0.1, 0.15) is 77.1 Å². The number of carbonyl (C=O) groups is 2. The van der Waals surface area contributed by atoms with Gasteiger partial charge < -0.3 is 0 Å². The number of carbonyl (C=O) groups excluding carboxylic acids is 2. The maximum Gasteiger partial charge on any atom is 0.336 e. The fourth-order valence-electron chi connectivity index (χ4n) is 8.22. The first-order valence-corrected chi connectivity index (χ1v) is 13.2. The van der Waals surface area contributed by atoms with Crippen molar-refractivity contribution in [3.05, 3.63) is 89.1 Å². The molecule has 4 nitrogen and oxygen atoms in total. The number of rotatable bonds is 2. The summed E-state index contributed by atoms with van der Waals surface area (Å²) in [4.78, 5) is 32.5. The second-order valence-electron chi connectivity index (χ2n) is 13.3. The van der Waals surface area contributed by atoms with Crippen LogP contribution in [0.25, 0.3) is 0 Å². The molecule has 2 atom stereocenters. The SMILES string of the molecule is CC1(C)CC2=CC3(C)CC(C)(C)CC4(C3)C2=C(C1)N(c1ccccc1)C(=O)N4C(=O)c1ccccc1. The molecular weight excluding hydrogens is 444 g/mol. The van der Waals surface area contributed by atoms with Crippen LogP contribution < -0.4 is 4.90 Å². The number of anilines is 1. The van der Waals surface area contributed by atoms with E-state index in [4.69, 9.17) is 0 Å². The van der Waals surface area contributed by atoms with Crippen LogP contribution in [0.3, 0.4) is 0 Å². The maximum absolute atomic E-state index is 14.7. The molecule has 2 aromatic rings. The molecule has 1 heterocycles. The van der Waals surface area contributed by atoms with Crippen molar-refractivity contribution in [3.63, 3.8) is 0 Å². The lowest BCUT2D eigenvalue weighted by Gasteiger charge is -2.64. The third kappa shape index (κ3) is 3.41. The Hall–Kier alpha value is -3.14. The van der Waals surface area contributed by atoms with Gasteiger partial charge in [-0.15, -0.1) is 0 Å². The fraction of sp³-hybridized carbons (Fsp3) is 0.438. The molecule has 1 saturated carbocycles. The van der Waals surface area contributed by atoms with Gasteiger partial charge in [0.05, 0.1) is 11.2 Å². The average Bonchev–Trinajstić information content (AvgIpc) is 2.77. The van der Waals surface area contributed by atoms with Crippen molar-refractivity contribution in [1.82, 2.24) is 4.90 Å². The molecule has 0 saturated heterocycles. The van der Waals surface area contributed by atoms with Crippen molar-refractivity contribution in [1.29, 1.82) is 0 Å². The number of hydrogen-bond donors (Lipinski definition) is 0. The Morgan fingerprint density at radius 2 is 1.42 bits per heavy atom. The molecule has 186 valence electrons.